The predicted molar refractivity (Wildman–Crippen MR) is 80.9 cm³/mol. The molecule has 0 spiro atoms. The molecule has 1 atom stereocenters. The van der Waals surface area contributed by atoms with Crippen LogP contribution in [0, 0.1) is 5.82 Å². The Morgan fingerprint density at radius 3 is 2.19 bits per heavy atom. The third-order valence-corrected chi connectivity index (χ3v) is 4.44. The van der Waals surface area contributed by atoms with Crippen molar-refractivity contribution >= 4 is 31.9 Å². The summed E-state index contributed by atoms with van der Waals surface area (Å²) in [6.07, 6.45) is -3.95. The molecule has 112 valence electrons. The lowest BCUT2D eigenvalue weighted by Crippen LogP contribution is -2.05. The lowest BCUT2D eigenvalue weighted by atomic mass is 10.0. The molecule has 2 rings (SSSR count). The summed E-state index contributed by atoms with van der Waals surface area (Å²) in [5, 5.41) is 0. The van der Waals surface area contributed by atoms with Crippen LogP contribution in [-0.4, -0.2) is 0 Å². The second-order valence-electron chi connectivity index (χ2n) is 4.51. The van der Waals surface area contributed by atoms with Crippen molar-refractivity contribution in [2.45, 2.75) is 17.4 Å². The van der Waals surface area contributed by atoms with E-state index in [0.717, 1.165) is 12.1 Å². The summed E-state index contributed by atoms with van der Waals surface area (Å²) in [6.45, 7) is 0. The third kappa shape index (κ3) is 4.07. The minimum Gasteiger partial charge on any atom is -0.205 e. The standard InChI is InChI=1S/C15H10Br2F4/c16-12-3-1-2-11(14(12)18)13(17)8-9-4-6-10(7-5-9)15(19,20)21/h1-7,13H,8H2. The Kier molecular flexibility index (Phi) is 5.09. The van der Waals surface area contributed by atoms with Crippen molar-refractivity contribution < 1.29 is 17.6 Å². The zero-order chi connectivity index (χ0) is 15.6. The number of benzene rings is 2. The molecule has 21 heavy (non-hydrogen) atoms. The summed E-state index contributed by atoms with van der Waals surface area (Å²) in [5.41, 5.74) is 0.472. The fourth-order valence-corrected chi connectivity index (χ4v) is 3.02. The Morgan fingerprint density at radius 2 is 1.62 bits per heavy atom. The van der Waals surface area contributed by atoms with Crippen molar-refractivity contribution in [1.82, 2.24) is 0 Å². The monoisotopic (exact) mass is 424 g/mol. The number of hydrogen-bond donors (Lipinski definition) is 0. The quantitative estimate of drug-likeness (QED) is 0.400. The maximum Gasteiger partial charge on any atom is 0.416 e. The molecule has 2 aromatic rings. The van der Waals surface area contributed by atoms with Crippen LogP contribution in [0.1, 0.15) is 21.5 Å². The first-order chi connectivity index (χ1) is 9.79. The van der Waals surface area contributed by atoms with Crippen LogP contribution < -0.4 is 0 Å². The molecule has 6 heteroatoms. The van der Waals surface area contributed by atoms with Crippen LogP contribution in [0.2, 0.25) is 0 Å². The van der Waals surface area contributed by atoms with Crippen LogP contribution in [0.5, 0.6) is 0 Å². The Bertz CT molecular complexity index is 621. The molecule has 2 aromatic carbocycles. The highest BCUT2D eigenvalue weighted by Gasteiger charge is 2.30. The number of alkyl halides is 4. The van der Waals surface area contributed by atoms with Crippen molar-refractivity contribution in [2.24, 2.45) is 0 Å². The van der Waals surface area contributed by atoms with Gasteiger partial charge in [-0.25, -0.2) is 4.39 Å². The Morgan fingerprint density at radius 1 is 1.00 bits per heavy atom. The van der Waals surface area contributed by atoms with Gasteiger partial charge in [0.25, 0.3) is 0 Å². The molecule has 0 aliphatic carbocycles. The molecule has 0 aliphatic rings. The van der Waals surface area contributed by atoms with Crippen molar-refractivity contribution in [3.63, 3.8) is 0 Å². The van der Waals surface area contributed by atoms with Crippen LogP contribution >= 0.6 is 31.9 Å². The van der Waals surface area contributed by atoms with Gasteiger partial charge in [0.2, 0.25) is 0 Å². The van der Waals surface area contributed by atoms with Crippen molar-refractivity contribution in [3.8, 4) is 0 Å². The largest absolute Gasteiger partial charge is 0.416 e. The Hall–Kier alpha value is -0.880. The van der Waals surface area contributed by atoms with Crippen LogP contribution in [0.4, 0.5) is 17.6 Å². The second kappa shape index (κ2) is 6.48. The zero-order valence-corrected chi connectivity index (χ0v) is 13.8. The predicted octanol–water partition coefficient (Wildman–Crippen LogP) is 6.29. The summed E-state index contributed by atoms with van der Waals surface area (Å²) >= 11 is 6.49. The highest BCUT2D eigenvalue weighted by atomic mass is 79.9. The normalized spacial score (nSPS) is 13.2. The zero-order valence-electron chi connectivity index (χ0n) is 10.6. The van der Waals surface area contributed by atoms with Gasteiger partial charge in [-0.15, -0.1) is 0 Å². The van der Waals surface area contributed by atoms with E-state index in [1.165, 1.54) is 12.1 Å². The minimum absolute atomic E-state index is 0.313. The van der Waals surface area contributed by atoms with E-state index in [1.807, 2.05) is 0 Å². The topological polar surface area (TPSA) is 0 Å². The first-order valence-electron chi connectivity index (χ1n) is 6.03. The summed E-state index contributed by atoms with van der Waals surface area (Å²) < 4.78 is 51.7. The molecule has 0 aromatic heterocycles. The molecule has 1 unspecified atom stereocenters. The molecule has 0 N–H and O–H groups in total. The van der Waals surface area contributed by atoms with Gasteiger partial charge in [0.05, 0.1) is 10.0 Å². The average molecular weight is 426 g/mol. The van der Waals surface area contributed by atoms with E-state index in [9.17, 15) is 17.6 Å². The van der Waals surface area contributed by atoms with E-state index >= 15 is 0 Å². The molecule has 0 amide bonds. The fourth-order valence-electron chi connectivity index (χ4n) is 1.91. The van der Waals surface area contributed by atoms with Gasteiger partial charge in [-0.1, -0.05) is 40.2 Å². The van der Waals surface area contributed by atoms with E-state index in [2.05, 4.69) is 31.9 Å². The summed E-state index contributed by atoms with van der Waals surface area (Å²) in [4.78, 5) is -0.313. The number of rotatable bonds is 3. The third-order valence-electron chi connectivity index (χ3n) is 3.02. The molecule has 0 heterocycles. The molecular formula is C15H10Br2F4. The SMILES string of the molecule is Fc1c(Br)cccc1C(Br)Cc1ccc(C(F)(F)F)cc1. The highest BCUT2D eigenvalue weighted by molar-refractivity contribution is 9.10. The lowest BCUT2D eigenvalue weighted by molar-refractivity contribution is -0.137. The summed E-state index contributed by atoms with van der Waals surface area (Å²) in [7, 11) is 0. The van der Waals surface area contributed by atoms with Gasteiger partial charge in [-0.3, -0.25) is 0 Å². The minimum atomic E-state index is -4.34. The molecule has 0 saturated heterocycles. The molecule has 0 radical (unpaired) electrons. The number of halogens is 6. The molecule has 0 nitrogen and oxygen atoms in total. The van der Waals surface area contributed by atoms with Gasteiger partial charge in [0.15, 0.2) is 0 Å². The fraction of sp³-hybridized carbons (Fsp3) is 0.200. The van der Waals surface area contributed by atoms with E-state index in [4.69, 9.17) is 0 Å². The Labute approximate surface area is 136 Å². The second-order valence-corrected chi connectivity index (χ2v) is 6.47. The maximum absolute atomic E-state index is 13.9. The maximum atomic E-state index is 13.9. The molecule has 0 fully saturated rings. The van der Waals surface area contributed by atoms with Gasteiger partial charge < -0.3 is 0 Å². The van der Waals surface area contributed by atoms with Crippen molar-refractivity contribution in [1.29, 1.82) is 0 Å². The first kappa shape index (κ1) is 16.5. The van der Waals surface area contributed by atoms with Gasteiger partial charge in [0, 0.05) is 10.4 Å². The van der Waals surface area contributed by atoms with Gasteiger partial charge in [0.1, 0.15) is 5.82 Å². The molecule has 0 aliphatic heterocycles. The Balaban J connectivity index is 2.16. The van der Waals surface area contributed by atoms with E-state index in [-0.39, 0.29) is 10.6 Å². The average Bonchev–Trinajstić information content (AvgIpc) is 2.41. The molecular weight excluding hydrogens is 416 g/mol. The van der Waals surface area contributed by atoms with Crippen LogP contribution in [0.25, 0.3) is 0 Å². The van der Waals surface area contributed by atoms with Crippen LogP contribution in [-0.2, 0) is 12.6 Å². The smallest absolute Gasteiger partial charge is 0.205 e. The van der Waals surface area contributed by atoms with E-state index in [1.54, 1.807) is 18.2 Å². The van der Waals surface area contributed by atoms with Crippen molar-refractivity contribution in [3.05, 3.63) is 69.4 Å². The van der Waals surface area contributed by atoms with E-state index in [0.29, 0.717) is 22.0 Å². The van der Waals surface area contributed by atoms with Crippen LogP contribution in [0.3, 0.4) is 0 Å². The van der Waals surface area contributed by atoms with Gasteiger partial charge in [-0.2, -0.15) is 13.2 Å². The molecule has 0 bridgehead atoms. The number of hydrogen-bond acceptors (Lipinski definition) is 0. The molecule has 0 saturated carbocycles. The van der Waals surface area contributed by atoms with Gasteiger partial charge in [-0.05, 0) is 46.1 Å². The lowest BCUT2D eigenvalue weighted by Gasteiger charge is -2.13. The summed E-state index contributed by atoms with van der Waals surface area (Å²) in [5.74, 6) is -0.369. The van der Waals surface area contributed by atoms with Crippen LogP contribution in [0.15, 0.2) is 46.9 Å². The summed E-state index contributed by atoms with van der Waals surface area (Å²) in [6, 6.07) is 9.84. The van der Waals surface area contributed by atoms with Crippen molar-refractivity contribution in [2.75, 3.05) is 0 Å². The van der Waals surface area contributed by atoms with Gasteiger partial charge >= 0.3 is 6.18 Å². The first-order valence-corrected chi connectivity index (χ1v) is 7.74. The highest BCUT2D eigenvalue weighted by Crippen LogP contribution is 2.33. The van der Waals surface area contributed by atoms with E-state index < -0.39 is 11.7 Å².